The van der Waals surface area contributed by atoms with Crippen LogP contribution >= 0.6 is 0 Å². The number of hydrogen-bond donors (Lipinski definition) is 1. The summed E-state index contributed by atoms with van der Waals surface area (Å²) < 4.78 is 37.1. The van der Waals surface area contributed by atoms with Gasteiger partial charge in [-0.25, -0.2) is 0 Å². The molecule has 1 fully saturated rings. The molecular formula is C16H19F3N2O2. The van der Waals surface area contributed by atoms with Gasteiger partial charge in [-0.15, -0.1) is 0 Å². The molecule has 0 saturated carbocycles. The second kappa shape index (κ2) is 7.02. The van der Waals surface area contributed by atoms with Crippen LogP contribution in [0.25, 0.3) is 0 Å². The number of benzene rings is 1. The highest BCUT2D eigenvalue weighted by Gasteiger charge is 2.43. The Morgan fingerprint density at radius 3 is 2.39 bits per heavy atom. The van der Waals surface area contributed by atoms with Gasteiger partial charge in [0.1, 0.15) is 0 Å². The highest BCUT2D eigenvalue weighted by molar-refractivity contribution is 5.83. The summed E-state index contributed by atoms with van der Waals surface area (Å²) in [5.41, 5.74) is 2.07. The van der Waals surface area contributed by atoms with E-state index in [1.54, 1.807) is 0 Å². The highest BCUT2D eigenvalue weighted by Crippen LogP contribution is 2.24. The predicted molar refractivity (Wildman–Crippen MR) is 78.4 cm³/mol. The monoisotopic (exact) mass is 328 g/mol. The summed E-state index contributed by atoms with van der Waals surface area (Å²) in [6, 6.07) is 7.66. The van der Waals surface area contributed by atoms with Gasteiger partial charge in [-0.1, -0.05) is 24.3 Å². The van der Waals surface area contributed by atoms with Crippen LogP contribution in [0.15, 0.2) is 24.3 Å². The molecule has 0 aromatic heterocycles. The van der Waals surface area contributed by atoms with Gasteiger partial charge < -0.3 is 10.2 Å². The maximum Gasteiger partial charge on any atom is 0.471 e. The maximum absolute atomic E-state index is 12.4. The van der Waals surface area contributed by atoms with Gasteiger partial charge in [0.25, 0.3) is 0 Å². The van der Waals surface area contributed by atoms with E-state index in [9.17, 15) is 22.8 Å². The number of nitrogens with zero attached hydrogens (tertiary/aromatic N) is 1. The minimum absolute atomic E-state index is 0.0409. The summed E-state index contributed by atoms with van der Waals surface area (Å²) in [6.45, 7) is 2.26. The Bertz CT molecular complexity index is 579. The van der Waals surface area contributed by atoms with Gasteiger partial charge in [0, 0.05) is 25.6 Å². The van der Waals surface area contributed by atoms with Crippen molar-refractivity contribution in [3.63, 3.8) is 0 Å². The third kappa shape index (κ3) is 4.46. The second-order valence-electron chi connectivity index (χ2n) is 5.71. The predicted octanol–water partition coefficient (Wildman–Crippen LogP) is 2.41. The van der Waals surface area contributed by atoms with Crippen LogP contribution in [-0.4, -0.2) is 36.0 Å². The maximum atomic E-state index is 12.4. The Morgan fingerprint density at radius 2 is 1.83 bits per heavy atom. The number of hydrogen-bond acceptors (Lipinski definition) is 2. The molecule has 2 amide bonds. The van der Waals surface area contributed by atoms with Crippen LogP contribution in [-0.2, 0) is 16.1 Å². The van der Waals surface area contributed by atoms with E-state index < -0.39 is 12.1 Å². The van der Waals surface area contributed by atoms with Crippen LogP contribution in [0.3, 0.4) is 0 Å². The molecule has 7 heteroatoms. The lowest BCUT2D eigenvalue weighted by molar-refractivity contribution is -0.186. The first-order valence-corrected chi connectivity index (χ1v) is 7.47. The van der Waals surface area contributed by atoms with E-state index in [1.807, 2.05) is 31.2 Å². The largest absolute Gasteiger partial charge is 0.471 e. The van der Waals surface area contributed by atoms with Gasteiger partial charge in [0.2, 0.25) is 5.91 Å². The number of rotatable bonds is 3. The second-order valence-corrected chi connectivity index (χ2v) is 5.71. The molecule has 126 valence electrons. The Labute approximate surface area is 132 Å². The standard InChI is InChI=1S/C16H19F3N2O2/c1-11-4-2-3-5-13(11)10-20-14(22)12-6-8-21(9-7-12)15(23)16(17,18)19/h2-5,12H,6-10H2,1H3,(H,20,22). The highest BCUT2D eigenvalue weighted by atomic mass is 19.4. The van der Waals surface area contributed by atoms with Crippen LogP contribution in [0.4, 0.5) is 13.2 Å². The molecule has 4 nitrogen and oxygen atoms in total. The first-order chi connectivity index (χ1) is 10.8. The third-order valence-corrected chi connectivity index (χ3v) is 4.11. The van der Waals surface area contributed by atoms with Gasteiger partial charge in [-0.05, 0) is 30.9 Å². The number of amides is 2. The van der Waals surface area contributed by atoms with Crippen molar-refractivity contribution >= 4 is 11.8 Å². The molecule has 1 aromatic carbocycles. The molecule has 1 aliphatic heterocycles. The number of carbonyl (C=O) groups is 2. The van der Waals surface area contributed by atoms with Gasteiger partial charge in [0.15, 0.2) is 0 Å². The first kappa shape index (κ1) is 17.3. The minimum Gasteiger partial charge on any atom is -0.352 e. The fourth-order valence-electron chi connectivity index (χ4n) is 2.66. The van der Waals surface area contributed by atoms with Crippen LogP contribution in [0.1, 0.15) is 24.0 Å². The SMILES string of the molecule is Cc1ccccc1CNC(=O)C1CCN(C(=O)C(F)(F)F)CC1. The van der Waals surface area contributed by atoms with Crippen molar-refractivity contribution in [2.75, 3.05) is 13.1 Å². The van der Waals surface area contributed by atoms with Crippen LogP contribution < -0.4 is 5.32 Å². The molecule has 1 saturated heterocycles. The van der Waals surface area contributed by atoms with Crippen molar-refractivity contribution in [3.05, 3.63) is 35.4 Å². The van der Waals surface area contributed by atoms with Gasteiger partial charge in [-0.2, -0.15) is 13.2 Å². The molecule has 1 heterocycles. The third-order valence-electron chi connectivity index (χ3n) is 4.11. The first-order valence-electron chi connectivity index (χ1n) is 7.47. The van der Waals surface area contributed by atoms with Crippen LogP contribution in [0.5, 0.6) is 0 Å². The van der Waals surface area contributed by atoms with E-state index in [-0.39, 0.29) is 37.8 Å². The van der Waals surface area contributed by atoms with Crippen molar-refractivity contribution in [2.45, 2.75) is 32.5 Å². The molecule has 0 spiro atoms. The van der Waals surface area contributed by atoms with E-state index in [1.165, 1.54) is 0 Å². The number of alkyl halides is 3. The van der Waals surface area contributed by atoms with Crippen LogP contribution in [0, 0.1) is 12.8 Å². The number of aryl methyl sites for hydroxylation is 1. The molecule has 2 rings (SSSR count). The summed E-state index contributed by atoms with van der Waals surface area (Å²) in [5, 5.41) is 2.82. The lowest BCUT2D eigenvalue weighted by Gasteiger charge is -2.31. The van der Waals surface area contributed by atoms with E-state index >= 15 is 0 Å². The van der Waals surface area contributed by atoms with E-state index in [0.717, 1.165) is 16.0 Å². The zero-order chi connectivity index (χ0) is 17.0. The van der Waals surface area contributed by atoms with Crippen LogP contribution in [0.2, 0.25) is 0 Å². The van der Waals surface area contributed by atoms with Crippen molar-refractivity contribution < 1.29 is 22.8 Å². The summed E-state index contributed by atoms with van der Waals surface area (Å²) >= 11 is 0. The Balaban J connectivity index is 1.82. The summed E-state index contributed by atoms with van der Waals surface area (Å²) in [6.07, 6.45) is -4.34. The molecule has 0 radical (unpaired) electrons. The summed E-state index contributed by atoms with van der Waals surface area (Å²) in [4.78, 5) is 24.0. The van der Waals surface area contributed by atoms with Crippen molar-refractivity contribution in [1.29, 1.82) is 0 Å². The summed E-state index contributed by atoms with van der Waals surface area (Å²) in [7, 11) is 0. The fraction of sp³-hybridized carbons (Fsp3) is 0.500. The number of carbonyl (C=O) groups excluding carboxylic acids is 2. The number of halogens is 3. The molecular weight excluding hydrogens is 309 g/mol. The number of likely N-dealkylation sites (tertiary alicyclic amines) is 1. The zero-order valence-corrected chi connectivity index (χ0v) is 12.8. The smallest absolute Gasteiger partial charge is 0.352 e. The zero-order valence-electron chi connectivity index (χ0n) is 12.8. The quantitative estimate of drug-likeness (QED) is 0.926. The number of nitrogens with one attached hydrogen (secondary N) is 1. The van der Waals surface area contributed by atoms with Crippen molar-refractivity contribution in [3.8, 4) is 0 Å². The Kier molecular flexibility index (Phi) is 5.28. The van der Waals surface area contributed by atoms with E-state index in [2.05, 4.69) is 5.32 Å². The molecule has 0 unspecified atom stereocenters. The number of piperidine rings is 1. The fourth-order valence-corrected chi connectivity index (χ4v) is 2.66. The average Bonchev–Trinajstić information content (AvgIpc) is 2.52. The lowest BCUT2D eigenvalue weighted by atomic mass is 9.95. The van der Waals surface area contributed by atoms with E-state index in [4.69, 9.17) is 0 Å². The minimum atomic E-state index is -4.85. The molecule has 1 aliphatic rings. The molecule has 1 N–H and O–H groups in total. The average molecular weight is 328 g/mol. The van der Waals surface area contributed by atoms with Gasteiger partial charge >= 0.3 is 12.1 Å². The topological polar surface area (TPSA) is 49.4 Å². The Hall–Kier alpha value is -2.05. The van der Waals surface area contributed by atoms with Gasteiger partial charge in [0.05, 0.1) is 0 Å². The molecule has 0 aliphatic carbocycles. The van der Waals surface area contributed by atoms with E-state index in [0.29, 0.717) is 6.54 Å². The van der Waals surface area contributed by atoms with Crippen molar-refractivity contribution in [2.24, 2.45) is 5.92 Å². The lowest BCUT2D eigenvalue weighted by Crippen LogP contribution is -2.47. The summed E-state index contributed by atoms with van der Waals surface area (Å²) in [5.74, 6) is -2.35. The Morgan fingerprint density at radius 1 is 1.22 bits per heavy atom. The molecule has 0 atom stereocenters. The molecule has 0 bridgehead atoms. The molecule has 1 aromatic rings. The van der Waals surface area contributed by atoms with Gasteiger partial charge in [-0.3, -0.25) is 9.59 Å². The normalized spacial score (nSPS) is 16.3. The van der Waals surface area contributed by atoms with Crippen molar-refractivity contribution in [1.82, 2.24) is 10.2 Å². The molecule has 23 heavy (non-hydrogen) atoms.